The Hall–Kier alpha value is -3.80. The molecule has 4 aliphatic carbocycles. The molecule has 12 heteroatoms. The van der Waals surface area contributed by atoms with Gasteiger partial charge in [-0.25, -0.2) is 0 Å². The third kappa shape index (κ3) is 8.02. The third-order valence-corrected chi connectivity index (χ3v) is 10.8. The van der Waals surface area contributed by atoms with Crippen LogP contribution in [0.3, 0.4) is 0 Å². The lowest BCUT2D eigenvalue weighted by Crippen LogP contribution is -2.64. The molecule has 0 aromatic heterocycles. The Kier molecular flexibility index (Phi) is 10.7. The molecule has 1 aliphatic heterocycles. The highest BCUT2D eigenvalue weighted by atomic mass is 16.2. The summed E-state index contributed by atoms with van der Waals surface area (Å²) in [6, 6.07) is 5.79. The molecule has 5 aliphatic rings. The minimum Gasteiger partial charge on any atom is -0.344 e. The van der Waals surface area contributed by atoms with E-state index < -0.39 is 47.5 Å². The van der Waals surface area contributed by atoms with Crippen molar-refractivity contribution in [2.24, 2.45) is 29.1 Å². The van der Waals surface area contributed by atoms with Crippen LogP contribution < -0.4 is 21.3 Å². The summed E-state index contributed by atoms with van der Waals surface area (Å²) in [4.78, 5) is 83.0. The lowest BCUT2D eigenvalue weighted by molar-refractivity contribution is -0.142. The van der Waals surface area contributed by atoms with Crippen molar-refractivity contribution >= 4 is 35.3 Å². The van der Waals surface area contributed by atoms with Gasteiger partial charge in [-0.15, -0.1) is 0 Å². The summed E-state index contributed by atoms with van der Waals surface area (Å²) in [5.41, 5.74) is 0.0813. The van der Waals surface area contributed by atoms with Crippen molar-refractivity contribution in [2.45, 2.75) is 77.4 Å². The van der Waals surface area contributed by atoms with Crippen LogP contribution in [-0.2, 0) is 24.0 Å². The highest BCUT2D eigenvalue weighted by molar-refractivity contribution is 6.38. The summed E-state index contributed by atoms with van der Waals surface area (Å²) in [5.74, 6) is -2.29. The quantitative estimate of drug-likeness (QED) is 0.247. The average molecular weight is 651 g/mol. The number of likely N-dealkylation sites (N-methyl/N-ethyl adjacent to an activating group) is 1. The Labute approximate surface area is 277 Å². The smallest absolute Gasteiger partial charge is 0.290 e. The third-order valence-electron chi connectivity index (χ3n) is 10.8. The average Bonchev–Trinajstić information content (AvgIpc) is 3.04. The summed E-state index contributed by atoms with van der Waals surface area (Å²) in [6.45, 7) is 7.20. The molecule has 3 atom stereocenters. The Balaban J connectivity index is 1.21. The van der Waals surface area contributed by atoms with Gasteiger partial charge >= 0.3 is 0 Å². The van der Waals surface area contributed by atoms with Crippen molar-refractivity contribution in [2.75, 3.05) is 39.8 Å². The van der Waals surface area contributed by atoms with Gasteiger partial charge in [0.1, 0.15) is 12.1 Å². The summed E-state index contributed by atoms with van der Waals surface area (Å²) in [6.07, 6.45) is 6.10. The number of hydrogen-bond acceptors (Lipinski definition) is 7. The predicted octanol–water partition coefficient (Wildman–Crippen LogP) is 1.11. The zero-order chi connectivity index (χ0) is 33.9. The molecule has 0 spiro atoms. The zero-order valence-electron chi connectivity index (χ0n) is 28.1. The van der Waals surface area contributed by atoms with Crippen molar-refractivity contribution in [3.63, 3.8) is 0 Å². The molecule has 1 saturated heterocycles. The lowest BCUT2D eigenvalue weighted by atomic mass is 9.47. The number of benzene rings is 1. The fourth-order valence-electron chi connectivity index (χ4n) is 8.56. The molecule has 5 fully saturated rings. The number of piperazine rings is 1. The standard InChI is InChI=1S/C35H50N6O6/c1-21(2)28(29(43)33(46)36-20-27(42)41-12-10-40(4)11-13-41)38-31(44)22(3)37-34(47)30(39-32(45)26-8-6-5-7-9-26)35-17-23-14-24(18-35)16-25(15-23)19-35/h5-9,21-25,28,30H,10-20H2,1-4H3,(H,36,46)(H,37,47)(H,38,44)(H,39,45)/t22-,23?,24?,25?,28-,30+,35?/m0/s1. The van der Waals surface area contributed by atoms with Gasteiger partial charge in [0.2, 0.25) is 23.5 Å². The first-order valence-electron chi connectivity index (χ1n) is 17.1. The van der Waals surface area contributed by atoms with E-state index in [1.165, 1.54) is 26.2 Å². The summed E-state index contributed by atoms with van der Waals surface area (Å²) in [5, 5.41) is 10.9. The normalized spacial score (nSPS) is 27.0. The van der Waals surface area contributed by atoms with E-state index in [9.17, 15) is 28.8 Å². The van der Waals surface area contributed by atoms with Crippen LogP contribution >= 0.6 is 0 Å². The number of rotatable bonds is 12. The molecule has 1 aromatic carbocycles. The number of nitrogens with one attached hydrogen (secondary N) is 4. The van der Waals surface area contributed by atoms with E-state index in [2.05, 4.69) is 26.2 Å². The van der Waals surface area contributed by atoms with Crippen molar-refractivity contribution in [3.8, 4) is 0 Å². The molecule has 6 rings (SSSR count). The SMILES string of the molecule is CC(C)[C@H](NC(=O)[C@H](C)NC(=O)[C@@H](NC(=O)c1ccccc1)C12CC3CC(CC(C3)C1)C2)C(=O)C(=O)NCC(=O)N1CCN(C)CC1. The largest absolute Gasteiger partial charge is 0.344 e. The molecular formula is C35H50N6O6. The molecule has 4 bridgehead atoms. The second-order valence-corrected chi connectivity index (χ2v) is 14.7. The van der Waals surface area contributed by atoms with Gasteiger partial charge in [0.05, 0.1) is 12.6 Å². The number of Topliss-reactive ketones (excluding diaryl/α,β-unsaturated/α-hetero) is 1. The van der Waals surface area contributed by atoms with E-state index in [-0.39, 0.29) is 23.8 Å². The number of amides is 5. The Morgan fingerprint density at radius 2 is 1.36 bits per heavy atom. The van der Waals surface area contributed by atoms with Crippen LogP contribution in [0.25, 0.3) is 0 Å². The predicted molar refractivity (Wildman–Crippen MR) is 175 cm³/mol. The van der Waals surface area contributed by atoms with E-state index in [1.54, 1.807) is 43.0 Å². The fraction of sp³-hybridized carbons (Fsp3) is 0.657. The van der Waals surface area contributed by atoms with E-state index in [4.69, 9.17) is 0 Å². The van der Waals surface area contributed by atoms with Gasteiger partial charge in [0.15, 0.2) is 0 Å². The van der Waals surface area contributed by atoms with E-state index >= 15 is 0 Å². The van der Waals surface area contributed by atoms with Crippen molar-refractivity contribution in [1.29, 1.82) is 0 Å². The van der Waals surface area contributed by atoms with Crippen LogP contribution in [0.15, 0.2) is 30.3 Å². The number of carbonyl (C=O) groups excluding carboxylic acids is 6. The highest BCUT2D eigenvalue weighted by Gasteiger charge is 2.56. The van der Waals surface area contributed by atoms with Crippen LogP contribution in [0.4, 0.5) is 0 Å². The Morgan fingerprint density at radius 3 is 1.91 bits per heavy atom. The van der Waals surface area contributed by atoms with Crippen LogP contribution in [-0.4, -0.2) is 103 Å². The van der Waals surface area contributed by atoms with Crippen molar-refractivity contribution < 1.29 is 28.8 Å². The van der Waals surface area contributed by atoms with Crippen LogP contribution in [0.1, 0.15) is 69.7 Å². The Bertz CT molecular complexity index is 1320. The topological polar surface area (TPSA) is 157 Å². The first kappa shape index (κ1) is 34.5. The first-order valence-corrected chi connectivity index (χ1v) is 17.1. The number of nitrogens with zero attached hydrogens (tertiary/aromatic N) is 2. The van der Waals surface area contributed by atoms with Gasteiger partial charge in [0, 0.05) is 37.2 Å². The second kappa shape index (κ2) is 14.5. The van der Waals surface area contributed by atoms with Crippen molar-refractivity contribution in [1.82, 2.24) is 31.1 Å². The van der Waals surface area contributed by atoms with Gasteiger partial charge in [0.25, 0.3) is 11.8 Å². The molecule has 1 aromatic rings. The first-order chi connectivity index (χ1) is 22.3. The summed E-state index contributed by atoms with van der Waals surface area (Å²) < 4.78 is 0. The van der Waals surface area contributed by atoms with Gasteiger partial charge in [-0.1, -0.05) is 32.0 Å². The summed E-state index contributed by atoms with van der Waals surface area (Å²) in [7, 11) is 1.97. The van der Waals surface area contributed by atoms with Gasteiger partial charge < -0.3 is 31.1 Å². The zero-order valence-corrected chi connectivity index (χ0v) is 28.1. The number of hydrogen-bond donors (Lipinski definition) is 4. The molecule has 12 nitrogen and oxygen atoms in total. The molecule has 1 heterocycles. The molecule has 0 radical (unpaired) electrons. The van der Waals surface area contributed by atoms with Crippen LogP contribution in [0.5, 0.6) is 0 Å². The van der Waals surface area contributed by atoms with Gasteiger partial charge in [-0.2, -0.15) is 0 Å². The monoisotopic (exact) mass is 650 g/mol. The van der Waals surface area contributed by atoms with Gasteiger partial charge in [-0.05, 0) is 88.3 Å². The molecule has 4 N–H and O–H groups in total. The molecule has 47 heavy (non-hydrogen) atoms. The molecule has 5 amide bonds. The van der Waals surface area contributed by atoms with E-state index in [0.29, 0.717) is 36.4 Å². The van der Waals surface area contributed by atoms with E-state index in [1.807, 2.05) is 13.1 Å². The number of carbonyl (C=O) groups is 6. The highest BCUT2D eigenvalue weighted by Crippen LogP contribution is 2.61. The maximum Gasteiger partial charge on any atom is 0.290 e. The van der Waals surface area contributed by atoms with Gasteiger partial charge in [-0.3, -0.25) is 28.8 Å². The van der Waals surface area contributed by atoms with Crippen molar-refractivity contribution in [3.05, 3.63) is 35.9 Å². The van der Waals surface area contributed by atoms with E-state index in [0.717, 1.165) is 32.4 Å². The maximum absolute atomic E-state index is 14.0. The lowest BCUT2D eigenvalue weighted by Gasteiger charge is -2.59. The minimum atomic E-state index is -1.16. The molecule has 0 unspecified atom stereocenters. The molecule has 4 saturated carbocycles. The maximum atomic E-state index is 14.0. The second-order valence-electron chi connectivity index (χ2n) is 14.7. The number of ketones is 1. The fourth-order valence-corrected chi connectivity index (χ4v) is 8.56. The molecular weight excluding hydrogens is 600 g/mol. The van der Waals surface area contributed by atoms with Crippen LogP contribution in [0, 0.1) is 29.1 Å². The van der Waals surface area contributed by atoms with Crippen LogP contribution in [0.2, 0.25) is 0 Å². The minimum absolute atomic E-state index is 0.270. The Morgan fingerprint density at radius 1 is 0.787 bits per heavy atom. The molecule has 256 valence electrons. The summed E-state index contributed by atoms with van der Waals surface area (Å²) >= 11 is 0.